The summed E-state index contributed by atoms with van der Waals surface area (Å²) in [5.74, 6) is 0.320. The molecule has 5 nitrogen and oxygen atoms in total. The van der Waals surface area contributed by atoms with Crippen molar-refractivity contribution in [2.24, 2.45) is 17.6 Å². The maximum Gasteiger partial charge on any atom is 0.239 e. The van der Waals surface area contributed by atoms with Crippen LogP contribution in [0.1, 0.15) is 36.0 Å². The number of nitrogens with two attached hydrogens (primary N) is 1. The van der Waals surface area contributed by atoms with Crippen molar-refractivity contribution in [3.63, 3.8) is 0 Å². The van der Waals surface area contributed by atoms with E-state index < -0.39 is 6.04 Å². The molecule has 0 spiro atoms. The molecule has 144 valence electrons. The lowest BCUT2D eigenvalue weighted by molar-refractivity contribution is -0.136. The lowest BCUT2D eigenvalue weighted by atomic mass is 9.87. The zero-order valence-electron chi connectivity index (χ0n) is 14.7. The van der Waals surface area contributed by atoms with Crippen molar-refractivity contribution in [1.82, 2.24) is 4.90 Å². The van der Waals surface area contributed by atoms with Crippen LogP contribution >= 0.6 is 24.0 Å². The molecule has 2 heterocycles. The molecule has 2 aliphatic heterocycles. The first kappa shape index (κ1) is 21.2. The second-order valence-corrected chi connectivity index (χ2v) is 7.38. The topological polar surface area (TPSA) is 72.6 Å². The molecule has 2 N–H and O–H groups in total. The molecule has 1 amide bonds. The summed E-state index contributed by atoms with van der Waals surface area (Å²) < 4.78 is 5.34. The fourth-order valence-corrected chi connectivity index (χ4v) is 3.83. The standard InChI is InChI=1S/C19H25ClN2O3.ClH/c20-16-3-1-14(2-4-16)18(23)15-5-9-22(10-6-15)19(24)17(21)13-7-11-25-12-8-13;/h1-4,13,15,17H,5-12,21H2;1H. The van der Waals surface area contributed by atoms with Crippen LogP contribution in [-0.4, -0.2) is 48.9 Å². The fraction of sp³-hybridized carbons (Fsp3) is 0.579. The average molecular weight is 401 g/mol. The SMILES string of the molecule is Cl.NC(C(=O)N1CCC(C(=O)c2ccc(Cl)cc2)CC1)C1CCOCC1. The van der Waals surface area contributed by atoms with Gasteiger partial charge >= 0.3 is 0 Å². The molecular formula is C19H26Cl2N2O3. The van der Waals surface area contributed by atoms with E-state index in [1.54, 1.807) is 24.3 Å². The van der Waals surface area contributed by atoms with Crippen LogP contribution in [0.3, 0.4) is 0 Å². The number of hydrogen-bond acceptors (Lipinski definition) is 4. The minimum absolute atomic E-state index is 0. The lowest BCUT2D eigenvalue weighted by Gasteiger charge is -2.35. The van der Waals surface area contributed by atoms with Crippen LogP contribution in [0.2, 0.25) is 5.02 Å². The van der Waals surface area contributed by atoms with E-state index >= 15 is 0 Å². The van der Waals surface area contributed by atoms with Crippen LogP contribution in [0.15, 0.2) is 24.3 Å². The molecule has 0 aromatic heterocycles. The van der Waals surface area contributed by atoms with Gasteiger partial charge in [-0.25, -0.2) is 0 Å². The number of benzene rings is 1. The summed E-state index contributed by atoms with van der Waals surface area (Å²) in [5, 5.41) is 0.624. The van der Waals surface area contributed by atoms with Crippen LogP contribution in [-0.2, 0) is 9.53 Å². The highest BCUT2D eigenvalue weighted by Crippen LogP contribution is 2.25. The Morgan fingerprint density at radius 3 is 2.23 bits per heavy atom. The number of rotatable bonds is 4. The van der Waals surface area contributed by atoms with E-state index in [9.17, 15) is 9.59 Å². The number of carbonyl (C=O) groups excluding carboxylic acids is 2. The van der Waals surface area contributed by atoms with Gasteiger partial charge in [-0.05, 0) is 55.9 Å². The Morgan fingerprint density at radius 2 is 1.65 bits per heavy atom. The lowest BCUT2D eigenvalue weighted by Crippen LogP contribution is -2.51. The van der Waals surface area contributed by atoms with Crippen LogP contribution in [0, 0.1) is 11.8 Å². The van der Waals surface area contributed by atoms with Crippen LogP contribution in [0.5, 0.6) is 0 Å². The molecule has 0 aliphatic carbocycles. The Kier molecular flexibility index (Phi) is 7.89. The zero-order valence-corrected chi connectivity index (χ0v) is 16.3. The average Bonchev–Trinajstić information content (AvgIpc) is 2.67. The molecule has 2 fully saturated rings. The smallest absolute Gasteiger partial charge is 0.239 e. The number of piperidine rings is 1. The number of likely N-dealkylation sites (tertiary alicyclic amines) is 1. The number of amides is 1. The van der Waals surface area contributed by atoms with Gasteiger partial charge in [-0.2, -0.15) is 0 Å². The minimum atomic E-state index is -0.451. The van der Waals surface area contributed by atoms with Crippen molar-refractivity contribution < 1.29 is 14.3 Å². The summed E-state index contributed by atoms with van der Waals surface area (Å²) in [6.45, 7) is 2.56. The molecule has 1 unspecified atom stereocenters. The van der Waals surface area contributed by atoms with Crippen molar-refractivity contribution in [2.75, 3.05) is 26.3 Å². The predicted octanol–water partition coefficient (Wildman–Crippen LogP) is 2.94. The molecule has 1 atom stereocenters. The Hall–Kier alpha value is -1.14. The highest BCUT2D eigenvalue weighted by atomic mass is 35.5. The largest absolute Gasteiger partial charge is 0.381 e. The van der Waals surface area contributed by atoms with E-state index in [2.05, 4.69) is 0 Å². The van der Waals surface area contributed by atoms with Gasteiger partial charge in [0.05, 0.1) is 6.04 Å². The number of Topliss-reactive ketones (excluding diaryl/α,β-unsaturated/α-hetero) is 1. The van der Waals surface area contributed by atoms with Gasteiger partial charge in [0, 0.05) is 42.8 Å². The number of nitrogens with zero attached hydrogens (tertiary/aromatic N) is 1. The Morgan fingerprint density at radius 1 is 1.08 bits per heavy atom. The van der Waals surface area contributed by atoms with Crippen molar-refractivity contribution >= 4 is 35.7 Å². The number of ether oxygens (including phenoxy) is 1. The molecular weight excluding hydrogens is 375 g/mol. The Labute approximate surface area is 165 Å². The van der Waals surface area contributed by atoms with E-state index in [4.69, 9.17) is 22.1 Å². The molecule has 7 heteroatoms. The van der Waals surface area contributed by atoms with E-state index in [1.165, 1.54) is 0 Å². The third kappa shape index (κ3) is 4.97. The van der Waals surface area contributed by atoms with Crippen molar-refractivity contribution in [1.29, 1.82) is 0 Å². The normalized spacial score (nSPS) is 20.3. The molecule has 2 saturated heterocycles. The highest BCUT2D eigenvalue weighted by Gasteiger charge is 2.33. The van der Waals surface area contributed by atoms with Crippen molar-refractivity contribution in [2.45, 2.75) is 31.7 Å². The molecule has 0 bridgehead atoms. The number of halogens is 2. The summed E-state index contributed by atoms with van der Waals surface area (Å²) in [6.07, 6.45) is 3.07. The quantitative estimate of drug-likeness (QED) is 0.788. The van der Waals surface area contributed by atoms with Crippen molar-refractivity contribution in [3.05, 3.63) is 34.9 Å². The summed E-state index contributed by atoms with van der Waals surface area (Å²) in [4.78, 5) is 27.1. The van der Waals surface area contributed by atoms with Gasteiger partial charge in [-0.1, -0.05) is 11.6 Å². The molecule has 26 heavy (non-hydrogen) atoms. The third-order valence-electron chi connectivity index (χ3n) is 5.37. The fourth-order valence-electron chi connectivity index (χ4n) is 3.70. The van der Waals surface area contributed by atoms with Gasteiger partial charge in [-0.3, -0.25) is 9.59 Å². The van der Waals surface area contributed by atoms with Gasteiger partial charge in [0.25, 0.3) is 0 Å². The first-order chi connectivity index (χ1) is 12.1. The van der Waals surface area contributed by atoms with Gasteiger partial charge in [-0.15, -0.1) is 12.4 Å². The molecule has 1 aromatic rings. The maximum absolute atomic E-state index is 12.6. The third-order valence-corrected chi connectivity index (χ3v) is 5.62. The van der Waals surface area contributed by atoms with Crippen LogP contribution < -0.4 is 5.73 Å². The highest BCUT2D eigenvalue weighted by molar-refractivity contribution is 6.30. The van der Waals surface area contributed by atoms with Gasteiger partial charge in [0.15, 0.2) is 5.78 Å². The minimum Gasteiger partial charge on any atom is -0.381 e. The van der Waals surface area contributed by atoms with Gasteiger partial charge in [0.1, 0.15) is 0 Å². The van der Waals surface area contributed by atoms with Crippen LogP contribution in [0.25, 0.3) is 0 Å². The Bertz CT molecular complexity index is 610. The van der Waals surface area contributed by atoms with Crippen LogP contribution in [0.4, 0.5) is 0 Å². The summed E-state index contributed by atoms with van der Waals surface area (Å²) >= 11 is 5.87. The molecule has 0 radical (unpaired) electrons. The number of ketones is 1. The summed E-state index contributed by atoms with van der Waals surface area (Å²) in [7, 11) is 0. The van der Waals surface area contributed by atoms with Gasteiger partial charge < -0.3 is 15.4 Å². The van der Waals surface area contributed by atoms with E-state index in [0.717, 1.165) is 12.8 Å². The van der Waals surface area contributed by atoms with Gasteiger partial charge in [0.2, 0.25) is 5.91 Å². The Balaban J connectivity index is 0.00000243. The monoisotopic (exact) mass is 400 g/mol. The van der Waals surface area contributed by atoms with E-state index in [1.807, 2.05) is 4.90 Å². The zero-order chi connectivity index (χ0) is 17.8. The molecule has 3 rings (SSSR count). The van der Waals surface area contributed by atoms with Crippen molar-refractivity contribution in [3.8, 4) is 0 Å². The van der Waals surface area contributed by atoms with E-state index in [-0.39, 0.29) is 35.9 Å². The van der Waals surface area contributed by atoms with E-state index in [0.29, 0.717) is 49.7 Å². The molecule has 0 saturated carbocycles. The molecule has 1 aromatic carbocycles. The summed E-state index contributed by atoms with van der Waals surface area (Å²) in [5.41, 5.74) is 6.88. The first-order valence-electron chi connectivity index (χ1n) is 8.98. The summed E-state index contributed by atoms with van der Waals surface area (Å²) in [6, 6.07) is 6.56. The second kappa shape index (κ2) is 9.70. The second-order valence-electron chi connectivity index (χ2n) is 6.95. The maximum atomic E-state index is 12.6. The molecule has 2 aliphatic rings. The first-order valence-corrected chi connectivity index (χ1v) is 9.36. The number of hydrogen-bond donors (Lipinski definition) is 1. The predicted molar refractivity (Wildman–Crippen MR) is 104 cm³/mol. The number of carbonyl (C=O) groups is 2.